The molecule has 1 aromatic carbocycles. The molecule has 5 heteroatoms. The van der Waals surface area contributed by atoms with Gasteiger partial charge in [0.1, 0.15) is 0 Å². The molecular formula is C14H18N2O3. The van der Waals surface area contributed by atoms with Gasteiger partial charge in [0.15, 0.2) is 0 Å². The minimum Gasteiger partial charge on any atom is -0.481 e. The standard InChI is InChI=1S/C14H18N2O3/c1-10-9-11-5-3-4-6-12(11)16(10)14(19)15(2)8-7-13(17)18/h3-6,10H,7-9H2,1-2H3,(H,17,18). The van der Waals surface area contributed by atoms with Crippen LogP contribution >= 0.6 is 0 Å². The van der Waals surface area contributed by atoms with Gasteiger partial charge in [-0.15, -0.1) is 0 Å². The van der Waals surface area contributed by atoms with Crippen LogP contribution in [0.15, 0.2) is 24.3 Å². The summed E-state index contributed by atoms with van der Waals surface area (Å²) in [6.07, 6.45) is 0.806. The lowest BCUT2D eigenvalue weighted by Crippen LogP contribution is -2.44. The zero-order chi connectivity index (χ0) is 14.0. The Kier molecular flexibility index (Phi) is 3.74. The number of benzene rings is 1. The van der Waals surface area contributed by atoms with Gasteiger partial charge in [0.05, 0.1) is 6.42 Å². The number of hydrogen-bond donors (Lipinski definition) is 1. The molecule has 0 saturated carbocycles. The molecule has 0 aliphatic carbocycles. The van der Waals surface area contributed by atoms with Crippen LogP contribution < -0.4 is 4.90 Å². The van der Waals surface area contributed by atoms with E-state index >= 15 is 0 Å². The molecule has 2 amide bonds. The minimum absolute atomic E-state index is 0.0356. The summed E-state index contributed by atoms with van der Waals surface area (Å²) in [6.45, 7) is 2.22. The zero-order valence-corrected chi connectivity index (χ0v) is 11.2. The Balaban J connectivity index is 2.13. The molecule has 0 saturated heterocycles. The van der Waals surface area contributed by atoms with Gasteiger partial charge in [-0.3, -0.25) is 9.69 Å². The molecular weight excluding hydrogens is 244 g/mol. The normalized spacial score (nSPS) is 17.2. The maximum atomic E-state index is 12.4. The molecule has 2 rings (SSSR count). The average molecular weight is 262 g/mol. The number of carbonyl (C=O) groups excluding carboxylic acids is 1. The van der Waals surface area contributed by atoms with Crippen molar-refractivity contribution in [3.05, 3.63) is 29.8 Å². The van der Waals surface area contributed by atoms with E-state index in [0.717, 1.165) is 17.7 Å². The number of fused-ring (bicyclic) bond motifs is 1. The van der Waals surface area contributed by atoms with Crippen molar-refractivity contribution in [3.8, 4) is 0 Å². The maximum Gasteiger partial charge on any atom is 0.324 e. The van der Waals surface area contributed by atoms with Crippen molar-refractivity contribution < 1.29 is 14.7 Å². The number of rotatable bonds is 3. The predicted molar refractivity (Wildman–Crippen MR) is 72.4 cm³/mol. The highest BCUT2D eigenvalue weighted by atomic mass is 16.4. The summed E-state index contributed by atoms with van der Waals surface area (Å²) in [5, 5.41) is 8.67. The lowest BCUT2D eigenvalue weighted by Gasteiger charge is -2.28. The van der Waals surface area contributed by atoms with Gasteiger partial charge in [-0.05, 0) is 25.0 Å². The molecule has 5 nitrogen and oxygen atoms in total. The van der Waals surface area contributed by atoms with Crippen molar-refractivity contribution in [1.82, 2.24) is 4.90 Å². The third kappa shape index (κ3) is 2.70. The summed E-state index contributed by atoms with van der Waals surface area (Å²) in [6, 6.07) is 7.80. The maximum absolute atomic E-state index is 12.4. The van der Waals surface area contributed by atoms with Crippen molar-refractivity contribution in [2.75, 3.05) is 18.5 Å². The second-order valence-corrected chi connectivity index (χ2v) is 4.90. The van der Waals surface area contributed by atoms with Crippen LogP contribution in [0.2, 0.25) is 0 Å². The lowest BCUT2D eigenvalue weighted by molar-refractivity contribution is -0.137. The second kappa shape index (κ2) is 5.30. The molecule has 0 bridgehead atoms. The molecule has 0 aromatic heterocycles. The molecule has 0 radical (unpaired) electrons. The van der Waals surface area contributed by atoms with Crippen molar-refractivity contribution in [2.45, 2.75) is 25.8 Å². The number of hydrogen-bond acceptors (Lipinski definition) is 2. The molecule has 1 aliphatic rings. The summed E-state index contributed by atoms with van der Waals surface area (Å²) < 4.78 is 0. The molecule has 1 aromatic rings. The topological polar surface area (TPSA) is 60.9 Å². The van der Waals surface area contributed by atoms with Crippen LogP contribution in [0.4, 0.5) is 10.5 Å². The van der Waals surface area contributed by atoms with Crippen LogP contribution in [-0.2, 0) is 11.2 Å². The highest BCUT2D eigenvalue weighted by Crippen LogP contribution is 2.32. The van der Waals surface area contributed by atoms with E-state index in [4.69, 9.17) is 5.11 Å². The van der Waals surface area contributed by atoms with Crippen molar-refractivity contribution in [1.29, 1.82) is 0 Å². The molecule has 102 valence electrons. The number of carboxylic acids is 1. The van der Waals surface area contributed by atoms with Gasteiger partial charge in [0, 0.05) is 25.3 Å². The van der Waals surface area contributed by atoms with Crippen LogP contribution in [-0.4, -0.2) is 41.6 Å². The lowest BCUT2D eigenvalue weighted by atomic mass is 10.1. The van der Waals surface area contributed by atoms with E-state index in [1.165, 1.54) is 4.90 Å². The zero-order valence-electron chi connectivity index (χ0n) is 11.2. The highest BCUT2D eigenvalue weighted by molar-refractivity contribution is 5.95. The Bertz CT molecular complexity index is 501. The summed E-state index contributed by atoms with van der Waals surface area (Å²) in [5.41, 5.74) is 2.09. The van der Waals surface area contributed by atoms with Gasteiger partial charge in [-0.2, -0.15) is 0 Å². The van der Waals surface area contributed by atoms with E-state index < -0.39 is 5.97 Å². The first-order chi connectivity index (χ1) is 9.00. The number of carboxylic acid groups (broad SMARTS) is 1. The van der Waals surface area contributed by atoms with E-state index in [0.29, 0.717) is 0 Å². The van der Waals surface area contributed by atoms with Crippen LogP contribution in [0.25, 0.3) is 0 Å². The monoisotopic (exact) mass is 262 g/mol. The fourth-order valence-corrected chi connectivity index (χ4v) is 2.40. The van der Waals surface area contributed by atoms with Crippen LogP contribution in [0.1, 0.15) is 18.9 Å². The Hall–Kier alpha value is -2.04. The summed E-state index contributed by atoms with van der Waals surface area (Å²) >= 11 is 0. The van der Waals surface area contributed by atoms with Gasteiger partial charge < -0.3 is 10.0 Å². The average Bonchev–Trinajstić information content (AvgIpc) is 2.70. The molecule has 1 atom stereocenters. The highest BCUT2D eigenvalue weighted by Gasteiger charge is 2.32. The molecule has 0 spiro atoms. The van der Waals surface area contributed by atoms with E-state index in [9.17, 15) is 9.59 Å². The Morgan fingerprint density at radius 1 is 1.42 bits per heavy atom. The Labute approximate surface area is 112 Å². The van der Waals surface area contributed by atoms with Crippen LogP contribution in [0, 0.1) is 0 Å². The van der Waals surface area contributed by atoms with E-state index in [1.54, 1.807) is 11.9 Å². The second-order valence-electron chi connectivity index (χ2n) is 4.90. The number of anilines is 1. The molecule has 19 heavy (non-hydrogen) atoms. The van der Waals surface area contributed by atoms with Gasteiger partial charge >= 0.3 is 12.0 Å². The first kappa shape index (κ1) is 13.4. The third-order valence-corrected chi connectivity index (χ3v) is 3.40. The molecule has 1 aliphatic heterocycles. The van der Waals surface area contributed by atoms with Crippen molar-refractivity contribution >= 4 is 17.7 Å². The fraction of sp³-hybridized carbons (Fsp3) is 0.429. The largest absolute Gasteiger partial charge is 0.481 e. The quantitative estimate of drug-likeness (QED) is 0.905. The number of amides is 2. The van der Waals surface area contributed by atoms with Gasteiger partial charge in [-0.25, -0.2) is 4.79 Å². The predicted octanol–water partition coefficient (Wildman–Crippen LogP) is 1.96. The number of carbonyl (C=O) groups is 2. The van der Waals surface area contributed by atoms with Crippen LogP contribution in [0.3, 0.4) is 0 Å². The molecule has 0 fully saturated rings. The van der Waals surface area contributed by atoms with E-state index in [2.05, 4.69) is 0 Å². The number of urea groups is 1. The Morgan fingerprint density at radius 2 is 2.11 bits per heavy atom. The van der Waals surface area contributed by atoms with E-state index in [-0.39, 0.29) is 25.0 Å². The van der Waals surface area contributed by atoms with Crippen molar-refractivity contribution in [3.63, 3.8) is 0 Å². The fourth-order valence-electron chi connectivity index (χ4n) is 2.40. The first-order valence-corrected chi connectivity index (χ1v) is 6.34. The minimum atomic E-state index is -0.894. The van der Waals surface area contributed by atoms with Crippen molar-refractivity contribution in [2.24, 2.45) is 0 Å². The summed E-state index contributed by atoms with van der Waals surface area (Å²) in [7, 11) is 1.64. The van der Waals surface area contributed by atoms with Crippen LogP contribution in [0.5, 0.6) is 0 Å². The summed E-state index contributed by atoms with van der Waals surface area (Å²) in [5.74, 6) is -0.894. The number of para-hydroxylation sites is 1. The first-order valence-electron chi connectivity index (χ1n) is 6.34. The Morgan fingerprint density at radius 3 is 2.79 bits per heavy atom. The van der Waals surface area contributed by atoms with E-state index in [1.807, 2.05) is 31.2 Å². The smallest absolute Gasteiger partial charge is 0.324 e. The molecule has 1 unspecified atom stereocenters. The summed E-state index contributed by atoms with van der Waals surface area (Å²) in [4.78, 5) is 26.2. The molecule has 1 N–H and O–H groups in total. The number of aliphatic carboxylic acids is 1. The van der Waals surface area contributed by atoms with Gasteiger partial charge in [0.2, 0.25) is 0 Å². The van der Waals surface area contributed by atoms with Gasteiger partial charge in [-0.1, -0.05) is 18.2 Å². The van der Waals surface area contributed by atoms with Gasteiger partial charge in [0.25, 0.3) is 0 Å². The SMILES string of the molecule is CC1Cc2ccccc2N1C(=O)N(C)CCC(=O)O. The molecule has 1 heterocycles. The number of nitrogens with zero attached hydrogens (tertiary/aromatic N) is 2. The third-order valence-electron chi connectivity index (χ3n) is 3.40.